The SMILES string of the molecule is O=C(O)c1cn(-c2ccc(F)cn2)cn1. The maximum Gasteiger partial charge on any atom is 0.356 e. The summed E-state index contributed by atoms with van der Waals surface area (Å²) in [4.78, 5) is 18.0. The summed E-state index contributed by atoms with van der Waals surface area (Å²) in [6, 6.07) is 2.67. The highest BCUT2D eigenvalue weighted by Gasteiger charge is 2.07. The molecule has 0 spiro atoms. The van der Waals surface area contributed by atoms with Crippen molar-refractivity contribution < 1.29 is 14.3 Å². The van der Waals surface area contributed by atoms with Gasteiger partial charge >= 0.3 is 5.97 Å². The molecule has 0 saturated carbocycles. The maximum absolute atomic E-state index is 12.6. The quantitative estimate of drug-likeness (QED) is 0.800. The van der Waals surface area contributed by atoms with Crippen molar-refractivity contribution in [3.8, 4) is 5.82 Å². The van der Waals surface area contributed by atoms with E-state index in [0.29, 0.717) is 5.82 Å². The molecule has 0 amide bonds. The van der Waals surface area contributed by atoms with Gasteiger partial charge in [0.1, 0.15) is 18.0 Å². The molecule has 76 valence electrons. The normalized spacial score (nSPS) is 10.2. The summed E-state index contributed by atoms with van der Waals surface area (Å²) in [6.45, 7) is 0. The Morgan fingerprint density at radius 2 is 2.20 bits per heavy atom. The molecule has 0 bridgehead atoms. The van der Waals surface area contributed by atoms with Crippen LogP contribution < -0.4 is 0 Å². The highest BCUT2D eigenvalue weighted by molar-refractivity contribution is 5.85. The van der Waals surface area contributed by atoms with Gasteiger partial charge in [-0.05, 0) is 12.1 Å². The van der Waals surface area contributed by atoms with Crippen LogP contribution in [0.3, 0.4) is 0 Å². The molecule has 0 saturated heterocycles. The summed E-state index contributed by atoms with van der Waals surface area (Å²) in [7, 11) is 0. The van der Waals surface area contributed by atoms with Gasteiger partial charge in [0.2, 0.25) is 0 Å². The number of nitrogens with zero attached hydrogens (tertiary/aromatic N) is 3. The molecular weight excluding hydrogens is 201 g/mol. The topological polar surface area (TPSA) is 68.0 Å². The van der Waals surface area contributed by atoms with E-state index in [1.54, 1.807) is 0 Å². The number of hydrogen-bond donors (Lipinski definition) is 1. The lowest BCUT2D eigenvalue weighted by molar-refractivity contribution is 0.0691. The second-order valence-electron chi connectivity index (χ2n) is 2.81. The average Bonchev–Trinajstić information content (AvgIpc) is 2.68. The van der Waals surface area contributed by atoms with E-state index in [1.807, 2.05) is 0 Å². The zero-order chi connectivity index (χ0) is 10.8. The second kappa shape index (κ2) is 3.49. The molecule has 0 aromatic carbocycles. The molecule has 2 heterocycles. The fraction of sp³-hybridized carbons (Fsp3) is 0. The Morgan fingerprint density at radius 3 is 2.73 bits per heavy atom. The van der Waals surface area contributed by atoms with E-state index in [0.717, 1.165) is 6.20 Å². The molecule has 2 aromatic heterocycles. The van der Waals surface area contributed by atoms with Gasteiger partial charge in [0.05, 0.1) is 6.20 Å². The van der Waals surface area contributed by atoms with E-state index in [-0.39, 0.29) is 5.69 Å². The van der Waals surface area contributed by atoms with Crippen molar-refractivity contribution in [3.05, 3.63) is 42.4 Å². The molecule has 6 heteroatoms. The Bertz CT molecular complexity index is 492. The van der Waals surface area contributed by atoms with Crippen LogP contribution in [0.4, 0.5) is 4.39 Å². The summed E-state index contributed by atoms with van der Waals surface area (Å²) < 4.78 is 14.0. The first kappa shape index (κ1) is 9.32. The smallest absolute Gasteiger partial charge is 0.356 e. The Kier molecular flexibility index (Phi) is 2.17. The molecule has 0 unspecified atom stereocenters. The van der Waals surface area contributed by atoms with Gasteiger partial charge in [0.15, 0.2) is 5.69 Å². The predicted octanol–water partition coefficient (Wildman–Crippen LogP) is 1.10. The summed E-state index contributed by atoms with van der Waals surface area (Å²) in [5.74, 6) is -1.15. The first-order valence-corrected chi connectivity index (χ1v) is 4.06. The molecular formula is C9H6FN3O2. The van der Waals surface area contributed by atoms with Crippen LogP contribution in [0.1, 0.15) is 10.5 Å². The second-order valence-corrected chi connectivity index (χ2v) is 2.81. The van der Waals surface area contributed by atoms with Gasteiger partial charge in [-0.25, -0.2) is 19.2 Å². The number of rotatable bonds is 2. The van der Waals surface area contributed by atoms with E-state index in [9.17, 15) is 9.18 Å². The molecule has 0 atom stereocenters. The number of imidazole rings is 1. The monoisotopic (exact) mass is 207 g/mol. The average molecular weight is 207 g/mol. The van der Waals surface area contributed by atoms with E-state index >= 15 is 0 Å². The molecule has 0 fully saturated rings. The Hall–Kier alpha value is -2.24. The number of halogens is 1. The molecule has 2 aromatic rings. The standard InChI is InChI=1S/C9H6FN3O2/c10-6-1-2-8(11-3-6)13-4-7(9(14)15)12-5-13/h1-5H,(H,14,15). The van der Waals surface area contributed by atoms with Crippen molar-refractivity contribution in [1.82, 2.24) is 14.5 Å². The number of carbonyl (C=O) groups is 1. The van der Waals surface area contributed by atoms with Crippen LogP contribution in [-0.2, 0) is 0 Å². The molecule has 0 aliphatic carbocycles. The van der Waals surface area contributed by atoms with Crippen molar-refractivity contribution in [3.63, 3.8) is 0 Å². The minimum absolute atomic E-state index is 0.0823. The van der Waals surface area contributed by atoms with E-state index in [4.69, 9.17) is 5.11 Å². The third kappa shape index (κ3) is 1.83. The number of hydrogen-bond acceptors (Lipinski definition) is 3. The number of carboxylic acid groups (broad SMARTS) is 1. The fourth-order valence-corrected chi connectivity index (χ4v) is 1.08. The minimum atomic E-state index is -1.11. The molecule has 0 radical (unpaired) electrons. The van der Waals surface area contributed by atoms with Gasteiger partial charge < -0.3 is 5.11 Å². The number of pyridine rings is 1. The van der Waals surface area contributed by atoms with Crippen LogP contribution in [0.5, 0.6) is 0 Å². The highest BCUT2D eigenvalue weighted by Crippen LogP contribution is 2.06. The van der Waals surface area contributed by atoms with E-state index in [2.05, 4.69) is 9.97 Å². The lowest BCUT2D eigenvalue weighted by Gasteiger charge is -1.98. The molecule has 0 aliphatic rings. The molecule has 15 heavy (non-hydrogen) atoms. The molecule has 0 aliphatic heterocycles. The summed E-state index contributed by atoms with van der Waals surface area (Å²) >= 11 is 0. The Labute approximate surface area is 83.8 Å². The third-order valence-electron chi connectivity index (χ3n) is 1.78. The minimum Gasteiger partial charge on any atom is -0.476 e. The van der Waals surface area contributed by atoms with Gasteiger partial charge in [0.25, 0.3) is 0 Å². The first-order chi connectivity index (χ1) is 7.16. The third-order valence-corrected chi connectivity index (χ3v) is 1.78. The van der Waals surface area contributed by atoms with Crippen molar-refractivity contribution in [2.75, 3.05) is 0 Å². The van der Waals surface area contributed by atoms with E-state index < -0.39 is 11.8 Å². The number of carboxylic acids is 1. The van der Waals surface area contributed by atoms with Gasteiger partial charge in [0, 0.05) is 6.20 Å². The van der Waals surface area contributed by atoms with Gasteiger partial charge in [-0.3, -0.25) is 4.57 Å². The predicted molar refractivity (Wildman–Crippen MR) is 48.3 cm³/mol. The van der Waals surface area contributed by atoms with Crippen molar-refractivity contribution in [2.45, 2.75) is 0 Å². The summed E-state index contributed by atoms with van der Waals surface area (Å²) in [5, 5.41) is 8.63. The lowest BCUT2D eigenvalue weighted by atomic mass is 10.4. The lowest BCUT2D eigenvalue weighted by Crippen LogP contribution is -1.97. The van der Waals surface area contributed by atoms with Crippen LogP contribution in [-0.4, -0.2) is 25.6 Å². The molecule has 5 nitrogen and oxygen atoms in total. The largest absolute Gasteiger partial charge is 0.476 e. The van der Waals surface area contributed by atoms with Crippen molar-refractivity contribution >= 4 is 5.97 Å². The van der Waals surface area contributed by atoms with Gasteiger partial charge in [-0.1, -0.05) is 0 Å². The number of aromatic carboxylic acids is 1. The maximum atomic E-state index is 12.6. The molecule has 2 rings (SSSR count). The summed E-state index contributed by atoms with van der Waals surface area (Å²) in [6.07, 6.45) is 3.67. The van der Waals surface area contributed by atoms with Crippen LogP contribution in [0.15, 0.2) is 30.9 Å². The zero-order valence-corrected chi connectivity index (χ0v) is 7.46. The van der Waals surface area contributed by atoms with Crippen LogP contribution in [0.2, 0.25) is 0 Å². The van der Waals surface area contributed by atoms with Crippen LogP contribution in [0.25, 0.3) is 5.82 Å². The van der Waals surface area contributed by atoms with Crippen molar-refractivity contribution in [1.29, 1.82) is 0 Å². The Morgan fingerprint density at radius 1 is 1.40 bits per heavy atom. The summed E-state index contributed by atoms with van der Waals surface area (Å²) in [5.41, 5.74) is -0.0823. The first-order valence-electron chi connectivity index (χ1n) is 4.06. The zero-order valence-electron chi connectivity index (χ0n) is 7.46. The fourth-order valence-electron chi connectivity index (χ4n) is 1.08. The van der Waals surface area contributed by atoms with Gasteiger partial charge in [-0.15, -0.1) is 0 Å². The number of aromatic nitrogens is 3. The van der Waals surface area contributed by atoms with Crippen LogP contribution >= 0.6 is 0 Å². The van der Waals surface area contributed by atoms with Crippen molar-refractivity contribution in [2.24, 2.45) is 0 Å². The Balaban J connectivity index is 2.37. The van der Waals surface area contributed by atoms with Crippen LogP contribution in [0, 0.1) is 5.82 Å². The molecule has 1 N–H and O–H groups in total. The van der Waals surface area contributed by atoms with E-state index in [1.165, 1.54) is 29.2 Å². The van der Waals surface area contributed by atoms with Gasteiger partial charge in [-0.2, -0.15) is 0 Å². The highest BCUT2D eigenvalue weighted by atomic mass is 19.1.